The number of nitrogens with zero attached hydrogens (tertiary/aromatic N) is 1. The molecule has 0 amide bonds. The highest BCUT2D eigenvalue weighted by Crippen LogP contribution is 2.38. The summed E-state index contributed by atoms with van der Waals surface area (Å²) in [6.07, 6.45) is -0.0203. The summed E-state index contributed by atoms with van der Waals surface area (Å²) < 4.78 is 25.3. The number of aromatic nitrogens is 1. The van der Waals surface area contributed by atoms with Gasteiger partial charge in [0.15, 0.2) is 0 Å². The lowest BCUT2D eigenvalue weighted by molar-refractivity contribution is -0.116. The third-order valence-electron chi connectivity index (χ3n) is 2.68. The van der Waals surface area contributed by atoms with Crippen LogP contribution in [0.3, 0.4) is 0 Å². The average molecular weight is 240 g/mol. The van der Waals surface area contributed by atoms with E-state index in [-0.39, 0.29) is 31.1 Å². The maximum absolute atomic E-state index is 12.6. The van der Waals surface area contributed by atoms with Gasteiger partial charge in [0, 0.05) is 25.3 Å². The van der Waals surface area contributed by atoms with E-state index >= 15 is 0 Å². The van der Waals surface area contributed by atoms with Crippen LogP contribution in [0.1, 0.15) is 25.5 Å². The maximum atomic E-state index is 12.6. The molecule has 0 aromatic carbocycles. The first-order chi connectivity index (χ1) is 7.94. The van der Waals surface area contributed by atoms with Gasteiger partial charge in [0.1, 0.15) is 11.6 Å². The molecule has 1 aliphatic rings. The van der Waals surface area contributed by atoms with Crippen LogP contribution < -0.4 is 5.32 Å². The number of hydrogen-bond donors (Lipinski definition) is 1. The number of halogens is 2. The molecule has 0 saturated heterocycles. The summed E-state index contributed by atoms with van der Waals surface area (Å²) in [5, 5.41) is 2.95. The molecule has 0 spiro atoms. The number of nitrogens with one attached hydrogen (secondary N) is 1. The molecule has 1 N–H and O–H groups in total. The predicted octanol–water partition coefficient (Wildman–Crippen LogP) is 2.42. The number of rotatable bonds is 4. The van der Waals surface area contributed by atoms with Gasteiger partial charge in [0.05, 0.1) is 5.69 Å². The highest BCUT2D eigenvalue weighted by atomic mass is 19.3. The second-order valence-corrected chi connectivity index (χ2v) is 4.50. The molecule has 92 valence electrons. The Morgan fingerprint density at radius 2 is 2.24 bits per heavy atom. The van der Waals surface area contributed by atoms with Gasteiger partial charge in [0.2, 0.25) is 0 Å². The molecule has 1 aromatic rings. The third-order valence-corrected chi connectivity index (χ3v) is 2.68. The van der Waals surface area contributed by atoms with Gasteiger partial charge in [-0.15, -0.1) is 0 Å². The maximum Gasteiger partial charge on any atom is 0.252 e. The first-order valence-corrected chi connectivity index (χ1v) is 5.54. The van der Waals surface area contributed by atoms with Crippen molar-refractivity contribution in [1.82, 2.24) is 4.98 Å². The standard InChI is InChI=1S/C12H14F2N2O/c1-8(17)5-9-3-2-4-11(15-9)16-10-6-12(13,14)7-10/h2-4,10H,5-7H2,1H3,(H,15,16). The zero-order chi connectivity index (χ0) is 12.5. The van der Waals surface area contributed by atoms with Gasteiger partial charge in [-0.3, -0.25) is 4.79 Å². The Labute approximate surface area is 98.2 Å². The Morgan fingerprint density at radius 3 is 2.82 bits per heavy atom. The van der Waals surface area contributed by atoms with E-state index in [1.54, 1.807) is 18.2 Å². The second kappa shape index (κ2) is 4.39. The van der Waals surface area contributed by atoms with Gasteiger partial charge in [0.25, 0.3) is 5.92 Å². The Morgan fingerprint density at radius 1 is 1.53 bits per heavy atom. The number of anilines is 1. The van der Waals surface area contributed by atoms with E-state index in [9.17, 15) is 13.6 Å². The Balaban J connectivity index is 1.95. The van der Waals surface area contributed by atoms with Gasteiger partial charge < -0.3 is 5.32 Å². The Kier molecular flexibility index (Phi) is 3.09. The molecule has 17 heavy (non-hydrogen) atoms. The van der Waals surface area contributed by atoms with Crippen LogP contribution in [0.4, 0.5) is 14.6 Å². The van der Waals surface area contributed by atoms with Crippen molar-refractivity contribution in [2.75, 3.05) is 5.32 Å². The van der Waals surface area contributed by atoms with E-state index in [1.165, 1.54) is 6.92 Å². The van der Waals surface area contributed by atoms with E-state index in [2.05, 4.69) is 10.3 Å². The van der Waals surface area contributed by atoms with Crippen LogP contribution >= 0.6 is 0 Å². The number of Topliss-reactive ketones (excluding diaryl/α,β-unsaturated/α-hetero) is 1. The Bertz CT molecular complexity index is 426. The third kappa shape index (κ3) is 3.22. The summed E-state index contributed by atoms with van der Waals surface area (Å²) in [6, 6.07) is 5.03. The molecule has 2 rings (SSSR count). The number of pyridine rings is 1. The minimum absolute atomic E-state index is 0.0322. The van der Waals surface area contributed by atoms with Crippen LogP contribution in [-0.4, -0.2) is 22.7 Å². The highest BCUT2D eigenvalue weighted by Gasteiger charge is 2.45. The van der Waals surface area contributed by atoms with Crippen molar-refractivity contribution >= 4 is 11.6 Å². The molecule has 3 nitrogen and oxygen atoms in total. The summed E-state index contributed by atoms with van der Waals surface area (Å²) in [5.41, 5.74) is 0.661. The number of carbonyl (C=O) groups is 1. The lowest BCUT2D eigenvalue weighted by Gasteiger charge is -2.35. The normalized spacial score (nSPS) is 18.5. The van der Waals surface area contributed by atoms with Gasteiger partial charge >= 0.3 is 0 Å². The smallest absolute Gasteiger partial charge is 0.252 e. The molecule has 1 aliphatic carbocycles. The summed E-state index contributed by atoms with van der Waals surface area (Å²) >= 11 is 0. The molecule has 0 atom stereocenters. The fourth-order valence-corrected chi connectivity index (χ4v) is 1.89. The van der Waals surface area contributed by atoms with Crippen molar-refractivity contribution in [2.45, 2.75) is 38.2 Å². The van der Waals surface area contributed by atoms with E-state index in [0.29, 0.717) is 11.5 Å². The zero-order valence-electron chi connectivity index (χ0n) is 9.54. The lowest BCUT2D eigenvalue weighted by Crippen LogP contribution is -2.44. The minimum atomic E-state index is -2.53. The molecule has 0 aliphatic heterocycles. The molecule has 0 bridgehead atoms. The van der Waals surface area contributed by atoms with Crippen molar-refractivity contribution in [3.63, 3.8) is 0 Å². The van der Waals surface area contributed by atoms with Gasteiger partial charge in [-0.2, -0.15) is 0 Å². The quantitative estimate of drug-likeness (QED) is 0.878. The van der Waals surface area contributed by atoms with E-state index in [0.717, 1.165) is 0 Å². The first kappa shape index (κ1) is 12.0. The van der Waals surface area contributed by atoms with Gasteiger partial charge in [-0.1, -0.05) is 6.07 Å². The molecule has 0 unspecified atom stereocenters. The van der Waals surface area contributed by atoms with Crippen LogP contribution in [0.2, 0.25) is 0 Å². The lowest BCUT2D eigenvalue weighted by atomic mass is 9.88. The highest BCUT2D eigenvalue weighted by molar-refractivity contribution is 5.77. The Hall–Kier alpha value is -1.52. The van der Waals surface area contributed by atoms with Gasteiger partial charge in [-0.25, -0.2) is 13.8 Å². The predicted molar refractivity (Wildman–Crippen MR) is 60.2 cm³/mol. The molecule has 1 heterocycles. The number of ketones is 1. The van der Waals surface area contributed by atoms with E-state index < -0.39 is 5.92 Å². The topological polar surface area (TPSA) is 42.0 Å². The minimum Gasteiger partial charge on any atom is -0.367 e. The summed E-state index contributed by atoms with van der Waals surface area (Å²) in [5.74, 6) is -1.94. The van der Waals surface area contributed by atoms with Crippen LogP contribution in [0.5, 0.6) is 0 Å². The fraction of sp³-hybridized carbons (Fsp3) is 0.500. The number of hydrogen-bond acceptors (Lipinski definition) is 3. The molecule has 1 saturated carbocycles. The largest absolute Gasteiger partial charge is 0.367 e. The van der Waals surface area contributed by atoms with Crippen molar-refractivity contribution in [3.8, 4) is 0 Å². The summed E-state index contributed by atoms with van der Waals surface area (Å²) in [4.78, 5) is 15.1. The van der Waals surface area contributed by atoms with Crippen molar-refractivity contribution in [2.24, 2.45) is 0 Å². The van der Waals surface area contributed by atoms with Crippen LogP contribution in [0, 0.1) is 0 Å². The number of alkyl halides is 2. The SMILES string of the molecule is CC(=O)Cc1cccc(NC2CC(F)(F)C2)n1. The van der Waals surface area contributed by atoms with Crippen molar-refractivity contribution < 1.29 is 13.6 Å². The van der Waals surface area contributed by atoms with Crippen LogP contribution in [0.25, 0.3) is 0 Å². The summed E-state index contributed by atoms with van der Waals surface area (Å²) in [7, 11) is 0. The molecular weight excluding hydrogens is 226 g/mol. The van der Waals surface area contributed by atoms with Crippen LogP contribution in [0.15, 0.2) is 18.2 Å². The first-order valence-electron chi connectivity index (χ1n) is 5.54. The molecular formula is C12H14F2N2O. The van der Waals surface area contributed by atoms with Crippen molar-refractivity contribution in [1.29, 1.82) is 0 Å². The zero-order valence-corrected chi connectivity index (χ0v) is 9.54. The second-order valence-electron chi connectivity index (χ2n) is 4.50. The van der Waals surface area contributed by atoms with E-state index in [1.807, 2.05) is 0 Å². The molecule has 1 fully saturated rings. The molecule has 1 aromatic heterocycles. The average Bonchev–Trinajstić information content (AvgIpc) is 2.14. The van der Waals surface area contributed by atoms with E-state index in [4.69, 9.17) is 0 Å². The fourth-order valence-electron chi connectivity index (χ4n) is 1.89. The number of carbonyl (C=O) groups excluding carboxylic acids is 1. The molecule has 5 heteroatoms. The van der Waals surface area contributed by atoms with Gasteiger partial charge in [-0.05, 0) is 19.1 Å². The summed E-state index contributed by atoms with van der Waals surface area (Å²) in [6.45, 7) is 1.49. The van der Waals surface area contributed by atoms with Crippen LogP contribution in [-0.2, 0) is 11.2 Å². The molecule has 0 radical (unpaired) electrons. The monoisotopic (exact) mass is 240 g/mol. The van der Waals surface area contributed by atoms with Crippen molar-refractivity contribution in [3.05, 3.63) is 23.9 Å².